The van der Waals surface area contributed by atoms with Crippen molar-refractivity contribution < 1.29 is 14.3 Å². The fourth-order valence-electron chi connectivity index (χ4n) is 2.03. The number of aliphatic hydroxyl groups excluding tert-OH is 1. The molecule has 0 spiro atoms. The zero-order valence-electron chi connectivity index (χ0n) is 12.3. The summed E-state index contributed by atoms with van der Waals surface area (Å²) >= 11 is 1.37. The Hall–Kier alpha value is -1.66. The van der Waals surface area contributed by atoms with Crippen LogP contribution in [0.15, 0.2) is 28.2 Å². The summed E-state index contributed by atoms with van der Waals surface area (Å²) in [5.41, 5.74) is 0.126. The van der Waals surface area contributed by atoms with E-state index in [4.69, 9.17) is 4.42 Å². The van der Waals surface area contributed by atoms with Crippen molar-refractivity contribution in [3.05, 3.63) is 29.5 Å². The van der Waals surface area contributed by atoms with E-state index in [-0.39, 0.29) is 17.9 Å². The molecule has 2 N–H and O–H groups in total. The highest BCUT2D eigenvalue weighted by atomic mass is 32.1. The quantitative estimate of drug-likeness (QED) is 0.824. The number of furan rings is 1. The van der Waals surface area contributed by atoms with Gasteiger partial charge in [-0.3, -0.25) is 4.79 Å². The molecule has 0 saturated carbocycles. The highest BCUT2D eigenvalue weighted by Crippen LogP contribution is 2.26. The topological polar surface area (TPSA) is 75.4 Å². The summed E-state index contributed by atoms with van der Waals surface area (Å²) in [5.74, 6) is 0.439. The van der Waals surface area contributed by atoms with E-state index in [9.17, 15) is 9.90 Å². The lowest BCUT2D eigenvalue weighted by atomic mass is 9.83. The predicted octanol–water partition coefficient (Wildman–Crippen LogP) is 2.93. The Kier molecular flexibility index (Phi) is 5.14. The van der Waals surface area contributed by atoms with Gasteiger partial charge in [0.15, 0.2) is 10.8 Å². The lowest BCUT2D eigenvalue weighted by Crippen LogP contribution is -2.39. The maximum atomic E-state index is 12.1. The van der Waals surface area contributed by atoms with Gasteiger partial charge in [-0.2, -0.15) is 0 Å². The molecule has 6 heteroatoms. The first-order chi connectivity index (χ1) is 10.1. The van der Waals surface area contributed by atoms with E-state index in [2.05, 4.69) is 10.3 Å². The smallest absolute Gasteiger partial charge is 0.270 e. The molecule has 5 nitrogen and oxygen atoms in total. The van der Waals surface area contributed by atoms with Gasteiger partial charge in [-0.1, -0.05) is 13.8 Å². The van der Waals surface area contributed by atoms with Crippen molar-refractivity contribution in [2.75, 3.05) is 13.2 Å². The van der Waals surface area contributed by atoms with Crippen LogP contribution in [-0.4, -0.2) is 29.1 Å². The summed E-state index contributed by atoms with van der Waals surface area (Å²) in [6.07, 6.45) is 3.21. The third kappa shape index (κ3) is 3.51. The van der Waals surface area contributed by atoms with Gasteiger partial charge in [0.1, 0.15) is 5.69 Å². The predicted molar refractivity (Wildman–Crippen MR) is 82.3 cm³/mol. The van der Waals surface area contributed by atoms with Crippen molar-refractivity contribution in [3.63, 3.8) is 0 Å². The van der Waals surface area contributed by atoms with Gasteiger partial charge in [0.25, 0.3) is 5.91 Å². The van der Waals surface area contributed by atoms with Crippen LogP contribution < -0.4 is 5.32 Å². The first kappa shape index (κ1) is 15.7. The number of nitrogens with zero attached hydrogens (tertiary/aromatic N) is 1. The Balaban J connectivity index is 2.01. The first-order valence-electron chi connectivity index (χ1n) is 7.02. The van der Waals surface area contributed by atoms with Crippen molar-refractivity contribution in [3.8, 4) is 10.8 Å². The second kappa shape index (κ2) is 6.87. The molecular formula is C15H20N2O3S. The second-order valence-corrected chi connectivity index (χ2v) is 5.92. The monoisotopic (exact) mass is 308 g/mol. The molecule has 0 bridgehead atoms. The van der Waals surface area contributed by atoms with Crippen LogP contribution in [0.3, 0.4) is 0 Å². The summed E-state index contributed by atoms with van der Waals surface area (Å²) < 4.78 is 5.26. The van der Waals surface area contributed by atoms with Gasteiger partial charge < -0.3 is 14.8 Å². The van der Waals surface area contributed by atoms with E-state index in [0.29, 0.717) is 23.0 Å². The van der Waals surface area contributed by atoms with Crippen molar-refractivity contribution in [2.24, 2.45) is 5.41 Å². The number of hydrogen-bond acceptors (Lipinski definition) is 5. The van der Waals surface area contributed by atoms with E-state index < -0.39 is 0 Å². The van der Waals surface area contributed by atoms with Crippen LogP contribution >= 0.6 is 11.3 Å². The molecule has 21 heavy (non-hydrogen) atoms. The lowest BCUT2D eigenvalue weighted by molar-refractivity contribution is 0.0847. The minimum Gasteiger partial charge on any atom is -0.462 e. The Morgan fingerprint density at radius 1 is 1.48 bits per heavy atom. The third-order valence-corrected chi connectivity index (χ3v) is 4.78. The molecule has 0 saturated heterocycles. The molecule has 2 aromatic rings. The molecule has 2 heterocycles. The normalized spacial score (nSPS) is 11.6. The molecule has 0 aliphatic carbocycles. The van der Waals surface area contributed by atoms with Crippen molar-refractivity contribution in [1.29, 1.82) is 0 Å². The standard InChI is InChI=1S/C15H20N2O3S/c1-3-15(4-2,10-18)9-16-13(19)11-8-21-14(17-11)12-6-5-7-20-12/h5-8,18H,3-4,9-10H2,1-2H3,(H,16,19). The van der Waals surface area contributed by atoms with Gasteiger partial charge in [0.05, 0.1) is 12.9 Å². The second-order valence-electron chi connectivity index (χ2n) is 5.06. The molecule has 1 amide bonds. The largest absolute Gasteiger partial charge is 0.462 e. The van der Waals surface area contributed by atoms with Crippen LogP contribution in [0.2, 0.25) is 0 Å². The minimum atomic E-state index is -0.254. The number of amides is 1. The van der Waals surface area contributed by atoms with E-state index >= 15 is 0 Å². The summed E-state index contributed by atoms with van der Waals surface area (Å²) in [6.45, 7) is 4.55. The van der Waals surface area contributed by atoms with E-state index in [0.717, 1.165) is 12.8 Å². The molecule has 0 fully saturated rings. The van der Waals surface area contributed by atoms with Gasteiger partial charge in [-0.15, -0.1) is 11.3 Å². The van der Waals surface area contributed by atoms with E-state index in [1.165, 1.54) is 11.3 Å². The van der Waals surface area contributed by atoms with Crippen LogP contribution in [0.4, 0.5) is 0 Å². The third-order valence-electron chi connectivity index (χ3n) is 3.93. The maximum Gasteiger partial charge on any atom is 0.270 e. The molecule has 0 atom stereocenters. The fourth-order valence-corrected chi connectivity index (χ4v) is 2.80. The molecule has 2 rings (SSSR count). The molecule has 0 aliphatic heterocycles. The van der Waals surface area contributed by atoms with Crippen LogP contribution in [-0.2, 0) is 0 Å². The summed E-state index contributed by atoms with van der Waals surface area (Å²) in [6, 6.07) is 3.60. The van der Waals surface area contributed by atoms with Crippen LogP contribution in [0, 0.1) is 5.41 Å². The van der Waals surface area contributed by atoms with Crippen molar-refractivity contribution >= 4 is 17.2 Å². The number of aliphatic hydroxyl groups is 1. The molecule has 114 valence electrons. The maximum absolute atomic E-state index is 12.1. The lowest BCUT2D eigenvalue weighted by Gasteiger charge is -2.29. The van der Waals surface area contributed by atoms with Crippen LogP contribution in [0.25, 0.3) is 10.8 Å². The SMILES string of the molecule is CCC(CC)(CO)CNC(=O)c1csc(-c2ccco2)n1. The van der Waals surface area contributed by atoms with Crippen molar-refractivity contribution in [1.82, 2.24) is 10.3 Å². The fraction of sp³-hybridized carbons (Fsp3) is 0.467. The number of thiazole rings is 1. The number of aromatic nitrogens is 1. The van der Waals surface area contributed by atoms with E-state index in [1.54, 1.807) is 17.7 Å². The molecule has 0 aromatic carbocycles. The average Bonchev–Trinajstić information content (AvgIpc) is 3.20. The molecule has 2 aromatic heterocycles. The average molecular weight is 308 g/mol. The zero-order chi connectivity index (χ0) is 15.3. The Morgan fingerprint density at radius 2 is 2.24 bits per heavy atom. The molecule has 0 aliphatic rings. The first-order valence-corrected chi connectivity index (χ1v) is 7.90. The molecule has 0 unspecified atom stereocenters. The van der Waals surface area contributed by atoms with Gasteiger partial charge in [-0.05, 0) is 25.0 Å². The van der Waals surface area contributed by atoms with E-state index in [1.807, 2.05) is 19.9 Å². The number of nitrogens with one attached hydrogen (secondary N) is 1. The summed E-state index contributed by atoms with van der Waals surface area (Å²) in [7, 11) is 0. The number of rotatable bonds is 7. The van der Waals surface area contributed by atoms with Crippen LogP contribution in [0.5, 0.6) is 0 Å². The Labute approximate surface area is 128 Å². The van der Waals surface area contributed by atoms with Gasteiger partial charge in [0, 0.05) is 17.3 Å². The summed E-state index contributed by atoms with van der Waals surface area (Å²) in [5, 5.41) is 14.8. The number of hydrogen-bond donors (Lipinski definition) is 2. The van der Waals surface area contributed by atoms with Gasteiger partial charge >= 0.3 is 0 Å². The van der Waals surface area contributed by atoms with Gasteiger partial charge in [0.2, 0.25) is 0 Å². The Morgan fingerprint density at radius 3 is 2.81 bits per heavy atom. The highest BCUT2D eigenvalue weighted by molar-refractivity contribution is 7.13. The van der Waals surface area contributed by atoms with Crippen molar-refractivity contribution in [2.45, 2.75) is 26.7 Å². The van der Waals surface area contributed by atoms with Gasteiger partial charge in [-0.25, -0.2) is 4.98 Å². The van der Waals surface area contributed by atoms with Crippen LogP contribution in [0.1, 0.15) is 37.2 Å². The summed E-state index contributed by atoms with van der Waals surface area (Å²) in [4.78, 5) is 16.4. The Bertz CT molecular complexity index is 565. The molecular weight excluding hydrogens is 288 g/mol. The number of carbonyl (C=O) groups excluding carboxylic acids is 1. The number of carbonyl (C=O) groups is 1. The highest BCUT2D eigenvalue weighted by Gasteiger charge is 2.26. The molecule has 0 radical (unpaired) electrons. The zero-order valence-corrected chi connectivity index (χ0v) is 13.1. The minimum absolute atomic E-state index is 0.0645.